The second-order valence-electron chi connectivity index (χ2n) is 3.61. The predicted octanol–water partition coefficient (Wildman–Crippen LogP) is -0.936. The molecule has 5 heteroatoms. The van der Waals surface area contributed by atoms with Gasteiger partial charge in [0.05, 0.1) is 24.9 Å². The van der Waals surface area contributed by atoms with Gasteiger partial charge in [-0.3, -0.25) is 0 Å². The summed E-state index contributed by atoms with van der Waals surface area (Å²) in [6, 6.07) is -0.548. The molecular weight excluding hydrogens is 186 g/mol. The lowest BCUT2D eigenvalue weighted by Gasteiger charge is -2.41. The van der Waals surface area contributed by atoms with Crippen LogP contribution in [0.1, 0.15) is 13.8 Å². The highest BCUT2D eigenvalue weighted by atomic mass is 16.7. The fourth-order valence-electron chi connectivity index (χ4n) is 1.64. The SMILES string of the molecule is CCO[C@@H]1OC(CO)C(C)C(O)C1N. The van der Waals surface area contributed by atoms with Gasteiger partial charge in [0.2, 0.25) is 0 Å². The van der Waals surface area contributed by atoms with Gasteiger partial charge >= 0.3 is 0 Å². The molecule has 1 heterocycles. The maximum Gasteiger partial charge on any atom is 0.175 e. The molecule has 0 aromatic heterocycles. The smallest absolute Gasteiger partial charge is 0.175 e. The lowest BCUT2D eigenvalue weighted by molar-refractivity contribution is -0.248. The molecule has 1 rings (SSSR count). The highest BCUT2D eigenvalue weighted by Crippen LogP contribution is 2.25. The van der Waals surface area contributed by atoms with Crippen molar-refractivity contribution in [2.24, 2.45) is 11.7 Å². The second-order valence-corrected chi connectivity index (χ2v) is 3.61. The Balaban J connectivity index is 2.63. The molecule has 0 aromatic carbocycles. The Bertz CT molecular complexity index is 174. The Morgan fingerprint density at radius 3 is 2.64 bits per heavy atom. The van der Waals surface area contributed by atoms with Crippen LogP contribution in [0, 0.1) is 5.92 Å². The zero-order chi connectivity index (χ0) is 10.7. The van der Waals surface area contributed by atoms with Gasteiger partial charge < -0.3 is 25.4 Å². The van der Waals surface area contributed by atoms with Crippen LogP contribution in [0.5, 0.6) is 0 Å². The summed E-state index contributed by atoms with van der Waals surface area (Å²) in [7, 11) is 0. The molecule has 1 fully saturated rings. The van der Waals surface area contributed by atoms with Crippen LogP contribution in [0.15, 0.2) is 0 Å². The Labute approximate surface area is 83.8 Å². The molecule has 0 radical (unpaired) electrons. The van der Waals surface area contributed by atoms with E-state index in [-0.39, 0.29) is 12.5 Å². The highest BCUT2D eigenvalue weighted by Gasteiger charge is 2.41. The normalized spacial score (nSPS) is 43.9. The molecule has 0 amide bonds. The van der Waals surface area contributed by atoms with Gasteiger partial charge in [0.15, 0.2) is 6.29 Å². The van der Waals surface area contributed by atoms with E-state index in [4.69, 9.17) is 20.3 Å². The maximum atomic E-state index is 9.75. The largest absolute Gasteiger partial charge is 0.394 e. The number of hydrogen-bond donors (Lipinski definition) is 3. The van der Waals surface area contributed by atoms with Gasteiger partial charge in [-0.25, -0.2) is 0 Å². The molecule has 0 aromatic rings. The summed E-state index contributed by atoms with van der Waals surface area (Å²) in [5.74, 6) is -0.174. The molecule has 84 valence electrons. The van der Waals surface area contributed by atoms with E-state index in [2.05, 4.69) is 0 Å². The van der Waals surface area contributed by atoms with Crippen LogP contribution in [0.2, 0.25) is 0 Å². The van der Waals surface area contributed by atoms with Crippen LogP contribution >= 0.6 is 0 Å². The molecule has 0 saturated carbocycles. The van der Waals surface area contributed by atoms with Gasteiger partial charge in [0.25, 0.3) is 0 Å². The molecule has 14 heavy (non-hydrogen) atoms. The average Bonchev–Trinajstić information content (AvgIpc) is 2.19. The number of rotatable bonds is 3. The summed E-state index contributed by atoms with van der Waals surface area (Å²) < 4.78 is 10.6. The van der Waals surface area contributed by atoms with Crippen LogP contribution in [0.3, 0.4) is 0 Å². The van der Waals surface area contributed by atoms with E-state index in [0.717, 1.165) is 0 Å². The third kappa shape index (κ3) is 2.24. The van der Waals surface area contributed by atoms with Crippen molar-refractivity contribution in [2.75, 3.05) is 13.2 Å². The number of ether oxygens (including phenoxy) is 2. The minimum absolute atomic E-state index is 0.130. The fraction of sp³-hybridized carbons (Fsp3) is 1.00. The first-order valence-corrected chi connectivity index (χ1v) is 4.93. The Morgan fingerprint density at radius 1 is 1.50 bits per heavy atom. The number of hydrogen-bond acceptors (Lipinski definition) is 5. The standard InChI is InChI=1S/C9H19NO4/c1-3-13-9-7(10)8(12)5(2)6(4-11)14-9/h5-9,11-12H,3-4,10H2,1-2H3/t5?,6?,7?,8?,9-/m1/s1. The summed E-state index contributed by atoms with van der Waals surface area (Å²) in [5, 5.41) is 18.8. The molecule has 0 bridgehead atoms. The third-order valence-corrected chi connectivity index (χ3v) is 2.65. The van der Waals surface area contributed by atoms with Crippen molar-refractivity contribution in [2.45, 2.75) is 38.4 Å². The van der Waals surface area contributed by atoms with E-state index >= 15 is 0 Å². The third-order valence-electron chi connectivity index (χ3n) is 2.65. The lowest BCUT2D eigenvalue weighted by atomic mass is 9.90. The molecule has 0 aliphatic carbocycles. The molecule has 1 saturated heterocycles. The topological polar surface area (TPSA) is 84.9 Å². The van der Waals surface area contributed by atoms with Crippen molar-refractivity contribution >= 4 is 0 Å². The first kappa shape index (κ1) is 11.9. The molecule has 5 atom stereocenters. The van der Waals surface area contributed by atoms with E-state index in [1.165, 1.54) is 0 Å². The monoisotopic (exact) mass is 205 g/mol. The minimum Gasteiger partial charge on any atom is -0.394 e. The van der Waals surface area contributed by atoms with Gasteiger partial charge in [0.1, 0.15) is 0 Å². The first-order chi connectivity index (χ1) is 6.61. The zero-order valence-electron chi connectivity index (χ0n) is 8.59. The second kappa shape index (κ2) is 5.04. The predicted molar refractivity (Wildman–Crippen MR) is 50.5 cm³/mol. The molecule has 1 aliphatic heterocycles. The number of nitrogens with two attached hydrogens (primary N) is 1. The van der Waals surface area contributed by atoms with Crippen molar-refractivity contribution in [1.82, 2.24) is 0 Å². The lowest BCUT2D eigenvalue weighted by Crippen LogP contribution is -2.59. The first-order valence-electron chi connectivity index (χ1n) is 4.93. The molecular formula is C9H19NO4. The number of aliphatic hydroxyl groups is 2. The van der Waals surface area contributed by atoms with E-state index < -0.39 is 24.5 Å². The van der Waals surface area contributed by atoms with Crippen molar-refractivity contribution in [3.63, 3.8) is 0 Å². The van der Waals surface area contributed by atoms with Crippen LogP contribution in [-0.4, -0.2) is 48.0 Å². The van der Waals surface area contributed by atoms with E-state index in [0.29, 0.717) is 6.61 Å². The quantitative estimate of drug-likeness (QED) is 0.554. The number of aliphatic hydroxyl groups excluding tert-OH is 2. The van der Waals surface area contributed by atoms with Gasteiger partial charge in [-0.15, -0.1) is 0 Å². The van der Waals surface area contributed by atoms with E-state index in [1.54, 1.807) is 6.92 Å². The van der Waals surface area contributed by atoms with Crippen LogP contribution in [0.4, 0.5) is 0 Å². The van der Waals surface area contributed by atoms with Crippen LogP contribution in [0.25, 0.3) is 0 Å². The van der Waals surface area contributed by atoms with Crippen molar-refractivity contribution < 1.29 is 19.7 Å². The van der Waals surface area contributed by atoms with Crippen molar-refractivity contribution in [3.8, 4) is 0 Å². The summed E-state index contributed by atoms with van der Waals surface area (Å²) in [4.78, 5) is 0. The maximum absolute atomic E-state index is 9.75. The average molecular weight is 205 g/mol. The summed E-state index contributed by atoms with van der Waals surface area (Å²) in [6.45, 7) is 3.97. The summed E-state index contributed by atoms with van der Waals surface area (Å²) >= 11 is 0. The summed E-state index contributed by atoms with van der Waals surface area (Å²) in [6.07, 6.45) is -1.72. The molecule has 4 unspecified atom stereocenters. The Kier molecular flexibility index (Phi) is 4.28. The Morgan fingerprint density at radius 2 is 2.14 bits per heavy atom. The molecule has 0 spiro atoms. The molecule has 1 aliphatic rings. The van der Waals surface area contributed by atoms with Gasteiger partial charge in [-0.2, -0.15) is 0 Å². The zero-order valence-corrected chi connectivity index (χ0v) is 8.59. The van der Waals surface area contributed by atoms with E-state index in [9.17, 15) is 5.11 Å². The van der Waals surface area contributed by atoms with Crippen LogP contribution < -0.4 is 5.73 Å². The fourth-order valence-corrected chi connectivity index (χ4v) is 1.64. The van der Waals surface area contributed by atoms with Crippen molar-refractivity contribution in [1.29, 1.82) is 0 Å². The van der Waals surface area contributed by atoms with Gasteiger partial charge in [-0.05, 0) is 6.92 Å². The minimum atomic E-state index is -0.697. The molecule has 5 nitrogen and oxygen atoms in total. The van der Waals surface area contributed by atoms with Crippen LogP contribution in [-0.2, 0) is 9.47 Å². The van der Waals surface area contributed by atoms with Gasteiger partial charge in [-0.1, -0.05) is 6.92 Å². The summed E-state index contributed by atoms with van der Waals surface area (Å²) in [5.41, 5.74) is 5.73. The van der Waals surface area contributed by atoms with Crippen molar-refractivity contribution in [3.05, 3.63) is 0 Å². The van der Waals surface area contributed by atoms with Gasteiger partial charge in [0, 0.05) is 12.5 Å². The highest BCUT2D eigenvalue weighted by molar-refractivity contribution is 4.89. The molecule has 4 N–H and O–H groups in total. The Hall–Kier alpha value is -0.200. The van der Waals surface area contributed by atoms with E-state index in [1.807, 2.05) is 6.92 Å².